The van der Waals surface area contributed by atoms with E-state index < -0.39 is 6.10 Å². The lowest BCUT2D eigenvalue weighted by Gasteiger charge is -2.24. The normalized spacial score (nSPS) is 15.2. The Bertz CT molecular complexity index is 686. The predicted molar refractivity (Wildman–Crippen MR) is 98.7 cm³/mol. The molecule has 0 unspecified atom stereocenters. The average Bonchev–Trinajstić information content (AvgIpc) is 2.56. The Kier molecular flexibility index (Phi) is 5.25. The second kappa shape index (κ2) is 7.40. The van der Waals surface area contributed by atoms with Crippen LogP contribution in [0.15, 0.2) is 36.4 Å². The summed E-state index contributed by atoms with van der Waals surface area (Å²) in [5.41, 5.74) is 6.15. The largest absolute Gasteiger partial charge is 0.490 e. The van der Waals surface area contributed by atoms with Gasteiger partial charge in [-0.25, -0.2) is 0 Å². The summed E-state index contributed by atoms with van der Waals surface area (Å²) in [5, 5.41) is 10.7. The lowest BCUT2D eigenvalue weighted by Crippen LogP contribution is -2.14. The number of aryl methyl sites for hydroxylation is 4. The van der Waals surface area contributed by atoms with Crippen molar-refractivity contribution in [2.45, 2.75) is 65.1 Å². The van der Waals surface area contributed by atoms with Crippen LogP contribution in [0, 0.1) is 0 Å². The molecular weight excluding hydrogens is 296 g/mol. The van der Waals surface area contributed by atoms with E-state index in [-0.39, 0.29) is 6.10 Å². The molecule has 0 fully saturated rings. The van der Waals surface area contributed by atoms with Crippen molar-refractivity contribution in [2.75, 3.05) is 0 Å². The van der Waals surface area contributed by atoms with Crippen LogP contribution in [0.1, 0.15) is 61.1 Å². The molecule has 0 amide bonds. The fraction of sp³-hybridized carbons (Fsp3) is 0.455. The molecule has 2 aromatic rings. The summed E-state index contributed by atoms with van der Waals surface area (Å²) < 4.78 is 6.20. The van der Waals surface area contributed by atoms with Crippen molar-refractivity contribution >= 4 is 0 Å². The van der Waals surface area contributed by atoms with Crippen molar-refractivity contribution in [2.24, 2.45) is 0 Å². The Morgan fingerprint density at radius 3 is 1.96 bits per heavy atom. The minimum atomic E-state index is -0.461. The number of benzene rings is 2. The number of ether oxygens (including phenoxy) is 1. The first-order valence-corrected chi connectivity index (χ1v) is 9.15. The fourth-order valence-electron chi connectivity index (χ4n) is 3.48. The standard InChI is InChI=1S/C22H28O2/c1-4-20(23)21-18-11-9-16-5-7-17(8-6-16)10-12-19(14-13-18)22(21)24-15(2)3/h5-8,13-15,20,23H,4,9-12H2,1-3H3/t20-/m1/s1. The molecule has 0 aromatic heterocycles. The minimum Gasteiger partial charge on any atom is -0.490 e. The molecule has 2 aromatic carbocycles. The van der Waals surface area contributed by atoms with Gasteiger partial charge in [-0.1, -0.05) is 43.3 Å². The zero-order valence-corrected chi connectivity index (χ0v) is 15.0. The van der Waals surface area contributed by atoms with E-state index in [1.807, 2.05) is 6.92 Å². The van der Waals surface area contributed by atoms with Gasteiger partial charge in [-0.2, -0.15) is 0 Å². The van der Waals surface area contributed by atoms with Gasteiger partial charge in [0, 0.05) is 5.56 Å². The molecule has 2 heteroatoms. The van der Waals surface area contributed by atoms with Gasteiger partial charge in [0.2, 0.25) is 0 Å². The minimum absolute atomic E-state index is 0.105. The van der Waals surface area contributed by atoms with Gasteiger partial charge in [-0.05, 0) is 68.2 Å². The number of hydrogen-bond donors (Lipinski definition) is 1. The molecule has 0 saturated heterocycles. The lowest BCUT2D eigenvalue weighted by molar-refractivity contribution is 0.160. The van der Waals surface area contributed by atoms with Crippen LogP contribution < -0.4 is 4.74 Å². The highest BCUT2D eigenvalue weighted by molar-refractivity contribution is 5.49. The van der Waals surface area contributed by atoms with E-state index in [9.17, 15) is 5.11 Å². The Balaban J connectivity index is 2.10. The first-order chi connectivity index (χ1) is 11.6. The Morgan fingerprint density at radius 2 is 1.42 bits per heavy atom. The number of aliphatic hydroxyl groups is 1. The van der Waals surface area contributed by atoms with Gasteiger partial charge in [0.25, 0.3) is 0 Å². The second-order valence-electron chi connectivity index (χ2n) is 7.03. The first kappa shape index (κ1) is 17.0. The van der Waals surface area contributed by atoms with Crippen molar-refractivity contribution in [3.05, 3.63) is 64.2 Å². The molecular formula is C22H28O2. The van der Waals surface area contributed by atoms with Gasteiger partial charge >= 0.3 is 0 Å². The summed E-state index contributed by atoms with van der Waals surface area (Å²) >= 11 is 0. The number of rotatable bonds is 4. The zero-order chi connectivity index (χ0) is 17.1. The van der Waals surface area contributed by atoms with Crippen LogP contribution in [0.5, 0.6) is 5.75 Å². The van der Waals surface area contributed by atoms with E-state index in [4.69, 9.17) is 4.74 Å². The second-order valence-corrected chi connectivity index (χ2v) is 7.03. The fourth-order valence-corrected chi connectivity index (χ4v) is 3.48. The topological polar surface area (TPSA) is 29.5 Å². The third-order valence-corrected chi connectivity index (χ3v) is 4.83. The molecule has 0 saturated carbocycles. The monoisotopic (exact) mass is 324 g/mol. The van der Waals surface area contributed by atoms with Gasteiger partial charge in [0.1, 0.15) is 5.75 Å². The van der Waals surface area contributed by atoms with Gasteiger partial charge in [0.15, 0.2) is 0 Å². The van der Waals surface area contributed by atoms with Crippen LogP contribution in [-0.4, -0.2) is 11.2 Å². The van der Waals surface area contributed by atoms with Crippen LogP contribution in [0.4, 0.5) is 0 Å². The smallest absolute Gasteiger partial charge is 0.128 e. The van der Waals surface area contributed by atoms with Gasteiger partial charge < -0.3 is 9.84 Å². The Labute approximate surface area is 145 Å². The molecule has 1 N–H and O–H groups in total. The van der Waals surface area contributed by atoms with Gasteiger partial charge in [-0.15, -0.1) is 0 Å². The molecule has 128 valence electrons. The van der Waals surface area contributed by atoms with Crippen LogP contribution in [0.3, 0.4) is 0 Å². The third kappa shape index (κ3) is 3.64. The van der Waals surface area contributed by atoms with E-state index in [0.29, 0.717) is 6.42 Å². The van der Waals surface area contributed by atoms with E-state index in [1.54, 1.807) is 0 Å². The Hall–Kier alpha value is -1.80. The molecule has 4 aliphatic rings. The van der Waals surface area contributed by atoms with Crippen molar-refractivity contribution in [3.8, 4) is 5.75 Å². The molecule has 2 nitrogen and oxygen atoms in total. The maximum atomic E-state index is 10.7. The van der Waals surface area contributed by atoms with Gasteiger partial charge in [0.05, 0.1) is 12.2 Å². The van der Waals surface area contributed by atoms with Crippen LogP contribution >= 0.6 is 0 Å². The zero-order valence-electron chi connectivity index (χ0n) is 15.0. The van der Waals surface area contributed by atoms with Gasteiger partial charge in [-0.3, -0.25) is 0 Å². The molecule has 1 atom stereocenters. The quantitative estimate of drug-likeness (QED) is 0.875. The van der Waals surface area contributed by atoms with Crippen LogP contribution in [0.25, 0.3) is 0 Å². The molecule has 4 aliphatic carbocycles. The summed E-state index contributed by atoms with van der Waals surface area (Å²) in [6.45, 7) is 6.14. The molecule has 4 bridgehead atoms. The molecule has 24 heavy (non-hydrogen) atoms. The number of aliphatic hydroxyl groups excluding tert-OH is 1. The maximum Gasteiger partial charge on any atom is 0.128 e. The van der Waals surface area contributed by atoms with Crippen molar-refractivity contribution in [1.82, 2.24) is 0 Å². The van der Waals surface area contributed by atoms with Crippen molar-refractivity contribution < 1.29 is 9.84 Å². The average molecular weight is 324 g/mol. The Morgan fingerprint density at radius 1 is 0.875 bits per heavy atom. The summed E-state index contributed by atoms with van der Waals surface area (Å²) in [6, 6.07) is 13.4. The highest BCUT2D eigenvalue weighted by Gasteiger charge is 2.21. The highest BCUT2D eigenvalue weighted by atomic mass is 16.5. The van der Waals surface area contributed by atoms with Crippen molar-refractivity contribution in [1.29, 1.82) is 0 Å². The molecule has 0 heterocycles. The molecule has 0 aliphatic heterocycles. The lowest BCUT2D eigenvalue weighted by atomic mass is 9.89. The predicted octanol–water partition coefficient (Wildman–Crippen LogP) is 4.80. The summed E-state index contributed by atoms with van der Waals surface area (Å²) in [6.07, 6.45) is 4.20. The number of hydrogen-bond acceptors (Lipinski definition) is 2. The molecule has 6 rings (SSSR count). The summed E-state index contributed by atoms with van der Waals surface area (Å²) in [4.78, 5) is 0. The van der Waals surface area contributed by atoms with Crippen LogP contribution in [-0.2, 0) is 25.7 Å². The van der Waals surface area contributed by atoms with Crippen LogP contribution in [0.2, 0.25) is 0 Å². The van der Waals surface area contributed by atoms with E-state index >= 15 is 0 Å². The van der Waals surface area contributed by atoms with E-state index in [1.165, 1.54) is 22.3 Å². The first-order valence-electron chi connectivity index (χ1n) is 9.15. The SMILES string of the molecule is CC[C@@H](O)c1c2ccc(c1OC(C)C)CCc1ccc(cc1)CC2. The summed E-state index contributed by atoms with van der Waals surface area (Å²) in [7, 11) is 0. The maximum absolute atomic E-state index is 10.7. The van der Waals surface area contributed by atoms with Crippen molar-refractivity contribution in [3.63, 3.8) is 0 Å². The highest BCUT2D eigenvalue weighted by Crippen LogP contribution is 2.36. The molecule has 0 radical (unpaired) electrons. The molecule has 0 spiro atoms. The third-order valence-electron chi connectivity index (χ3n) is 4.83. The van der Waals surface area contributed by atoms with E-state index in [2.05, 4.69) is 50.2 Å². The van der Waals surface area contributed by atoms with E-state index in [0.717, 1.165) is 37.0 Å². The summed E-state index contributed by atoms with van der Waals surface area (Å²) in [5.74, 6) is 0.923.